The Labute approximate surface area is 172 Å². The molecule has 150 valence electrons. The van der Waals surface area contributed by atoms with Crippen molar-refractivity contribution in [2.75, 3.05) is 13.2 Å². The molecule has 1 amide bonds. The summed E-state index contributed by atoms with van der Waals surface area (Å²) in [4.78, 5) is 17.0. The van der Waals surface area contributed by atoms with Crippen molar-refractivity contribution < 1.29 is 9.53 Å². The second-order valence-corrected chi connectivity index (χ2v) is 8.16. The Kier molecular flexibility index (Phi) is 5.91. The summed E-state index contributed by atoms with van der Waals surface area (Å²) >= 11 is 0. The molecule has 0 spiro atoms. The van der Waals surface area contributed by atoms with E-state index in [0.29, 0.717) is 19.6 Å². The van der Waals surface area contributed by atoms with E-state index in [4.69, 9.17) is 4.74 Å². The van der Waals surface area contributed by atoms with Crippen LogP contribution in [0.15, 0.2) is 54.7 Å². The number of carbonyl (C=O) groups is 1. The molecule has 1 aliphatic rings. The van der Waals surface area contributed by atoms with Gasteiger partial charge in [0.15, 0.2) is 0 Å². The smallest absolute Gasteiger partial charge is 0.220 e. The molecular formula is C25H28N2O2. The topological polar surface area (TPSA) is 51.2 Å². The zero-order chi connectivity index (χ0) is 20.2. The van der Waals surface area contributed by atoms with Crippen molar-refractivity contribution in [1.82, 2.24) is 10.3 Å². The third-order valence-electron chi connectivity index (χ3n) is 5.69. The average Bonchev–Trinajstić information content (AvgIpc) is 3.12. The van der Waals surface area contributed by atoms with E-state index in [0.717, 1.165) is 18.4 Å². The molecule has 1 aromatic heterocycles. The molecule has 0 radical (unpaired) electrons. The van der Waals surface area contributed by atoms with Crippen LogP contribution in [0.5, 0.6) is 0 Å². The zero-order valence-corrected chi connectivity index (χ0v) is 17.2. The number of rotatable bonds is 6. The molecule has 0 unspecified atom stereocenters. The van der Waals surface area contributed by atoms with E-state index in [9.17, 15) is 4.79 Å². The number of hydrogen-bond acceptors (Lipinski definition) is 3. The number of nitrogens with zero attached hydrogens (tertiary/aromatic N) is 1. The third-order valence-corrected chi connectivity index (χ3v) is 5.69. The highest BCUT2D eigenvalue weighted by atomic mass is 16.5. The molecule has 1 saturated heterocycles. The molecule has 1 aliphatic heterocycles. The van der Waals surface area contributed by atoms with Crippen LogP contribution in [0.4, 0.5) is 0 Å². The molecule has 0 bridgehead atoms. The van der Waals surface area contributed by atoms with Crippen LogP contribution >= 0.6 is 0 Å². The number of hydrogen-bond donors (Lipinski definition) is 1. The van der Waals surface area contributed by atoms with Gasteiger partial charge in [0.1, 0.15) is 0 Å². The summed E-state index contributed by atoms with van der Waals surface area (Å²) in [7, 11) is 0. The summed E-state index contributed by atoms with van der Waals surface area (Å²) in [5.74, 6) is 0.384. The number of carbonyl (C=O) groups excluding carboxylic acids is 1. The van der Waals surface area contributed by atoms with E-state index in [1.165, 1.54) is 27.6 Å². The lowest BCUT2D eigenvalue weighted by atomic mass is 9.93. The van der Waals surface area contributed by atoms with Crippen molar-refractivity contribution in [3.63, 3.8) is 0 Å². The zero-order valence-electron chi connectivity index (χ0n) is 17.2. The number of fused-ring (bicyclic) bond motifs is 1. The van der Waals surface area contributed by atoms with Crippen LogP contribution in [-0.4, -0.2) is 30.1 Å². The van der Waals surface area contributed by atoms with Gasteiger partial charge in [0.05, 0.1) is 24.8 Å². The maximum absolute atomic E-state index is 12.6. The summed E-state index contributed by atoms with van der Waals surface area (Å²) in [6.07, 6.45) is 4.02. The molecule has 4 heteroatoms. The van der Waals surface area contributed by atoms with E-state index < -0.39 is 0 Å². The van der Waals surface area contributed by atoms with Crippen molar-refractivity contribution in [3.8, 4) is 0 Å². The van der Waals surface area contributed by atoms with Gasteiger partial charge in [-0.25, -0.2) is 0 Å². The van der Waals surface area contributed by atoms with Crippen LogP contribution in [0, 0.1) is 19.8 Å². The molecule has 1 N–H and O–H groups in total. The minimum Gasteiger partial charge on any atom is -0.379 e. The highest BCUT2D eigenvalue weighted by Crippen LogP contribution is 2.24. The fourth-order valence-corrected chi connectivity index (χ4v) is 4.33. The summed E-state index contributed by atoms with van der Waals surface area (Å²) in [5, 5.41) is 4.40. The predicted octanol–water partition coefficient (Wildman–Crippen LogP) is 4.16. The number of nitrogens with one attached hydrogen (secondary N) is 1. The van der Waals surface area contributed by atoms with Gasteiger partial charge in [0.2, 0.25) is 5.91 Å². The van der Waals surface area contributed by atoms with Gasteiger partial charge in [0, 0.05) is 23.9 Å². The second kappa shape index (κ2) is 8.75. The van der Waals surface area contributed by atoms with E-state index in [2.05, 4.69) is 54.5 Å². The number of benzene rings is 2. The van der Waals surface area contributed by atoms with Gasteiger partial charge in [-0.05, 0) is 49.9 Å². The molecule has 0 aliphatic carbocycles. The molecule has 2 aromatic carbocycles. The molecule has 4 nitrogen and oxygen atoms in total. The van der Waals surface area contributed by atoms with Gasteiger partial charge in [0.25, 0.3) is 0 Å². The van der Waals surface area contributed by atoms with Gasteiger partial charge < -0.3 is 10.1 Å². The predicted molar refractivity (Wildman–Crippen MR) is 116 cm³/mol. The molecule has 2 heterocycles. The molecular weight excluding hydrogens is 360 g/mol. The lowest BCUT2D eigenvalue weighted by Gasteiger charge is -2.20. The van der Waals surface area contributed by atoms with Crippen LogP contribution in [-0.2, 0) is 22.4 Å². The molecule has 29 heavy (non-hydrogen) atoms. The van der Waals surface area contributed by atoms with E-state index in [1.54, 1.807) is 0 Å². The first-order valence-electron chi connectivity index (χ1n) is 10.4. The van der Waals surface area contributed by atoms with Crippen molar-refractivity contribution in [3.05, 3.63) is 77.0 Å². The highest BCUT2D eigenvalue weighted by molar-refractivity contribution is 5.82. The van der Waals surface area contributed by atoms with Gasteiger partial charge in [-0.3, -0.25) is 9.78 Å². The van der Waals surface area contributed by atoms with Gasteiger partial charge in [-0.1, -0.05) is 47.5 Å². The van der Waals surface area contributed by atoms with Crippen LogP contribution in [0.25, 0.3) is 10.9 Å². The van der Waals surface area contributed by atoms with Crippen molar-refractivity contribution in [2.45, 2.75) is 39.2 Å². The highest BCUT2D eigenvalue weighted by Gasteiger charge is 2.30. The Morgan fingerprint density at radius 2 is 1.90 bits per heavy atom. The summed E-state index contributed by atoms with van der Waals surface area (Å²) in [5.41, 5.74) is 5.99. The van der Waals surface area contributed by atoms with Crippen LogP contribution in [0.3, 0.4) is 0 Å². The van der Waals surface area contributed by atoms with E-state index in [-0.39, 0.29) is 17.9 Å². The van der Waals surface area contributed by atoms with E-state index in [1.807, 2.05) is 24.4 Å². The Morgan fingerprint density at radius 3 is 2.72 bits per heavy atom. The number of aryl methyl sites for hydroxylation is 3. The third kappa shape index (κ3) is 4.83. The average molecular weight is 389 g/mol. The number of para-hydroxylation sites is 1. The number of amides is 1. The largest absolute Gasteiger partial charge is 0.379 e. The lowest BCUT2D eigenvalue weighted by molar-refractivity contribution is -0.122. The summed E-state index contributed by atoms with van der Waals surface area (Å²) < 4.78 is 5.72. The molecule has 0 saturated carbocycles. The number of pyridine rings is 1. The Balaban J connectivity index is 1.37. The Morgan fingerprint density at radius 1 is 1.10 bits per heavy atom. The molecule has 1 fully saturated rings. The van der Waals surface area contributed by atoms with Crippen LogP contribution < -0.4 is 5.32 Å². The Hall–Kier alpha value is -2.72. The fraction of sp³-hybridized carbons (Fsp3) is 0.360. The first-order chi connectivity index (χ1) is 14.1. The quantitative estimate of drug-likeness (QED) is 0.690. The van der Waals surface area contributed by atoms with Crippen LogP contribution in [0.1, 0.15) is 28.7 Å². The number of aromatic nitrogens is 1. The second-order valence-electron chi connectivity index (χ2n) is 8.16. The van der Waals surface area contributed by atoms with Gasteiger partial charge >= 0.3 is 0 Å². The lowest BCUT2D eigenvalue weighted by Crippen LogP contribution is -2.40. The maximum atomic E-state index is 12.6. The fourth-order valence-electron chi connectivity index (χ4n) is 4.33. The Bertz CT molecular complexity index is 989. The normalized spacial score (nSPS) is 18.8. The van der Waals surface area contributed by atoms with E-state index >= 15 is 0 Å². The molecule has 2 atom stereocenters. The molecule has 4 rings (SSSR count). The first-order valence-corrected chi connectivity index (χ1v) is 10.4. The minimum atomic E-state index is 0.0636. The van der Waals surface area contributed by atoms with Crippen LogP contribution in [0.2, 0.25) is 0 Å². The van der Waals surface area contributed by atoms with Crippen molar-refractivity contribution >= 4 is 16.8 Å². The molecule has 3 aromatic rings. The summed E-state index contributed by atoms with van der Waals surface area (Å²) in [6.45, 7) is 5.46. The SMILES string of the molecule is Cc1cc(C)cc(CCC(=O)N[C@@H]2COC[C@H]2Cc2ccnc3ccccc23)c1. The van der Waals surface area contributed by atoms with Crippen molar-refractivity contribution in [1.29, 1.82) is 0 Å². The van der Waals surface area contributed by atoms with Gasteiger partial charge in [-0.2, -0.15) is 0 Å². The first kappa shape index (κ1) is 19.6. The van der Waals surface area contributed by atoms with Gasteiger partial charge in [-0.15, -0.1) is 0 Å². The monoisotopic (exact) mass is 388 g/mol. The minimum absolute atomic E-state index is 0.0636. The standard InChI is InChI=1S/C25H28N2O2/c1-17-11-18(2)13-19(12-17)7-8-25(28)27-24-16-29-15-21(24)14-20-9-10-26-23-6-4-3-5-22(20)23/h3-6,9-13,21,24H,7-8,14-16H2,1-2H3,(H,27,28)/t21-,24-/m1/s1. The van der Waals surface area contributed by atoms with Crippen molar-refractivity contribution in [2.24, 2.45) is 5.92 Å². The number of ether oxygens (including phenoxy) is 1. The summed E-state index contributed by atoms with van der Waals surface area (Å²) in [6, 6.07) is 16.8. The maximum Gasteiger partial charge on any atom is 0.220 e.